The van der Waals surface area contributed by atoms with E-state index in [9.17, 15) is 0 Å². The van der Waals surface area contributed by atoms with Gasteiger partial charge in [0, 0.05) is 18.0 Å². The average molecular weight is 422 g/mol. The quantitative estimate of drug-likeness (QED) is 0.426. The molecule has 1 aliphatic rings. The smallest absolute Gasteiger partial charge is 0.166 e. The van der Waals surface area contributed by atoms with E-state index >= 15 is 0 Å². The van der Waals surface area contributed by atoms with E-state index in [2.05, 4.69) is 35.1 Å². The molecule has 158 valence electrons. The summed E-state index contributed by atoms with van der Waals surface area (Å²) in [7, 11) is 0. The third-order valence-electron chi connectivity index (χ3n) is 5.79. The van der Waals surface area contributed by atoms with E-state index in [1.54, 1.807) is 18.5 Å². The molecule has 0 amide bonds. The molecule has 1 aliphatic carbocycles. The summed E-state index contributed by atoms with van der Waals surface area (Å²) in [5.41, 5.74) is 4.16. The molecule has 1 saturated carbocycles. The Morgan fingerprint density at radius 2 is 1.94 bits per heavy atom. The van der Waals surface area contributed by atoms with Crippen LogP contribution in [0, 0.1) is 18.3 Å². The van der Waals surface area contributed by atoms with E-state index in [0.29, 0.717) is 23.3 Å². The normalized spacial score (nSPS) is 14.2. The van der Waals surface area contributed by atoms with Crippen LogP contribution in [0.3, 0.4) is 0 Å². The minimum Gasteiger partial charge on any atom is -0.490 e. The zero-order valence-corrected chi connectivity index (χ0v) is 17.9. The number of fused-ring (bicyclic) bond motifs is 1. The maximum atomic E-state index is 9.10. The zero-order valence-electron chi connectivity index (χ0n) is 17.9. The highest BCUT2D eigenvalue weighted by molar-refractivity contribution is 5.79. The second-order valence-corrected chi connectivity index (χ2v) is 8.02. The van der Waals surface area contributed by atoms with E-state index in [-0.39, 0.29) is 0 Å². The lowest BCUT2D eigenvalue weighted by molar-refractivity contribution is 0.208. The lowest BCUT2D eigenvalue weighted by atomic mass is 10.1. The minimum atomic E-state index is 0.292. The molecular weight excluding hydrogens is 398 g/mol. The van der Waals surface area contributed by atoms with Crippen molar-refractivity contribution in [3.63, 3.8) is 0 Å². The molecule has 0 aliphatic heterocycles. The van der Waals surface area contributed by atoms with Gasteiger partial charge in [-0.3, -0.25) is 4.57 Å². The third kappa shape index (κ3) is 3.85. The maximum Gasteiger partial charge on any atom is 0.166 e. The largest absolute Gasteiger partial charge is 0.490 e. The van der Waals surface area contributed by atoms with Gasteiger partial charge in [0.15, 0.2) is 5.65 Å². The zero-order chi connectivity index (χ0) is 21.9. The number of nitrogens with zero attached hydrogens (tertiary/aromatic N) is 5. The molecule has 0 radical (unpaired) electrons. The topological polar surface area (TPSA) is 76.6 Å². The Balaban J connectivity index is 1.56. The van der Waals surface area contributed by atoms with Crippen molar-refractivity contribution in [1.82, 2.24) is 19.5 Å². The highest BCUT2D eigenvalue weighted by atomic mass is 16.5. The van der Waals surface area contributed by atoms with Gasteiger partial charge in [0.1, 0.15) is 29.0 Å². The fraction of sp³-hybridized carbons (Fsp3) is 0.231. The van der Waals surface area contributed by atoms with Crippen LogP contribution in [0.4, 0.5) is 0 Å². The van der Waals surface area contributed by atoms with Crippen molar-refractivity contribution >= 4 is 23.3 Å². The Hall–Kier alpha value is -3.98. The van der Waals surface area contributed by atoms with E-state index in [4.69, 9.17) is 15.0 Å². The van der Waals surface area contributed by atoms with Crippen molar-refractivity contribution in [1.29, 1.82) is 5.26 Å². The van der Waals surface area contributed by atoms with E-state index in [1.165, 1.54) is 12.8 Å². The molecule has 4 aromatic rings. The number of rotatable bonds is 5. The van der Waals surface area contributed by atoms with Crippen LogP contribution in [0.2, 0.25) is 0 Å². The maximum absolute atomic E-state index is 9.10. The number of aryl methyl sites for hydroxylation is 1. The van der Waals surface area contributed by atoms with Crippen molar-refractivity contribution in [2.24, 2.45) is 0 Å². The summed E-state index contributed by atoms with van der Waals surface area (Å²) in [6, 6.07) is 15.7. The van der Waals surface area contributed by atoms with Crippen molar-refractivity contribution in [2.45, 2.75) is 38.7 Å². The number of ether oxygens (including phenoxy) is 1. The highest BCUT2D eigenvalue weighted by Crippen LogP contribution is 2.31. The molecule has 1 fully saturated rings. The van der Waals surface area contributed by atoms with Crippen molar-refractivity contribution in [3.8, 4) is 17.6 Å². The van der Waals surface area contributed by atoms with Gasteiger partial charge in [0.25, 0.3) is 0 Å². The van der Waals surface area contributed by atoms with E-state index < -0.39 is 0 Å². The molecule has 6 heteroatoms. The first-order valence-corrected chi connectivity index (χ1v) is 10.9. The SMILES string of the molecule is Cc1cccc(C=Cc2nc3cccnc3n2-c2ccc(C#N)cn2)c1OC1CCCC1. The van der Waals surface area contributed by atoms with Crippen LogP contribution in [-0.2, 0) is 0 Å². The number of pyridine rings is 2. The van der Waals surface area contributed by atoms with Gasteiger partial charge in [0.2, 0.25) is 0 Å². The molecule has 1 aromatic carbocycles. The van der Waals surface area contributed by atoms with Gasteiger partial charge in [-0.05, 0) is 74.6 Å². The number of hydrogen-bond donors (Lipinski definition) is 0. The Labute approximate surface area is 186 Å². The fourth-order valence-corrected chi connectivity index (χ4v) is 4.16. The van der Waals surface area contributed by atoms with Crippen LogP contribution in [0.15, 0.2) is 54.9 Å². The molecule has 6 nitrogen and oxygen atoms in total. The number of benzene rings is 1. The minimum absolute atomic E-state index is 0.292. The fourth-order valence-electron chi connectivity index (χ4n) is 4.16. The monoisotopic (exact) mass is 421 g/mol. The van der Waals surface area contributed by atoms with Gasteiger partial charge in [-0.15, -0.1) is 0 Å². The van der Waals surface area contributed by atoms with Crippen LogP contribution in [0.1, 0.15) is 48.2 Å². The number of imidazole rings is 1. The van der Waals surface area contributed by atoms with Crippen LogP contribution in [0.25, 0.3) is 29.1 Å². The van der Waals surface area contributed by atoms with Crippen molar-refractivity contribution < 1.29 is 4.74 Å². The van der Waals surface area contributed by atoms with Gasteiger partial charge in [-0.2, -0.15) is 5.26 Å². The molecule has 0 unspecified atom stereocenters. The molecule has 0 bridgehead atoms. The van der Waals surface area contributed by atoms with Gasteiger partial charge in [-0.1, -0.05) is 18.2 Å². The van der Waals surface area contributed by atoms with Crippen LogP contribution >= 0.6 is 0 Å². The molecule has 5 rings (SSSR count). The first-order chi connectivity index (χ1) is 15.7. The molecule has 32 heavy (non-hydrogen) atoms. The van der Waals surface area contributed by atoms with Gasteiger partial charge in [0.05, 0.1) is 11.7 Å². The Morgan fingerprint density at radius 3 is 2.72 bits per heavy atom. The van der Waals surface area contributed by atoms with Gasteiger partial charge >= 0.3 is 0 Å². The molecule has 3 heterocycles. The van der Waals surface area contributed by atoms with Crippen LogP contribution in [0.5, 0.6) is 5.75 Å². The third-order valence-corrected chi connectivity index (χ3v) is 5.79. The number of aromatic nitrogens is 4. The summed E-state index contributed by atoms with van der Waals surface area (Å²) in [4.78, 5) is 13.7. The summed E-state index contributed by atoms with van der Waals surface area (Å²) >= 11 is 0. The second kappa shape index (κ2) is 8.64. The standard InChI is InChI=1S/C26H23N5O/c1-18-6-4-7-20(25(18)32-21-8-2-3-9-21)12-14-24-30-22-10-5-15-28-26(22)31(24)23-13-11-19(16-27)17-29-23/h4-7,10-15,17,21H,2-3,8-9H2,1H3. The second-order valence-electron chi connectivity index (χ2n) is 8.02. The Morgan fingerprint density at radius 1 is 1.06 bits per heavy atom. The lowest BCUT2D eigenvalue weighted by Crippen LogP contribution is -2.12. The Bertz CT molecular complexity index is 1320. The summed E-state index contributed by atoms with van der Waals surface area (Å²) in [5, 5.41) is 9.10. The van der Waals surface area contributed by atoms with Crippen molar-refractivity contribution in [2.75, 3.05) is 0 Å². The van der Waals surface area contributed by atoms with E-state index in [1.807, 2.05) is 41.0 Å². The van der Waals surface area contributed by atoms with E-state index in [0.717, 1.165) is 40.9 Å². The number of hydrogen-bond acceptors (Lipinski definition) is 5. The molecule has 0 saturated heterocycles. The molecule has 3 aromatic heterocycles. The number of nitriles is 1. The molecule has 0 spiro atoms. The molecule has 0 N–H and O–H groups in total. The van der Waals surface area contributed by atoms with Crippen molar-refractivity contribution in [3.05, 3.63) is 77.4 Å². The molecule has 0 atom stereocenters. The summed E-state index contributed by atoms with van der Waals surface area (Å²) in [6.07, 6.45) is 12.3. The first kappa shape index (κ1) is 20.0. The summed E-state index contributed by atoms with van der Waals surface area (Å²) in [6.45, 7) is 2.08. The average Bonchev–Trinajstić information content (AvgIpc) is 3.47. The highest BCUT2D eigenvalue weighted by Gasteiger charge is 2.19. The predicted octanol–water partition coefficient (Wildman–Crippen LogP) is 5.49. The summed E-state index contributed by atoms with van der Waals surface area (Å²) in [5.74, 6) is 2.31. The summed E-state index contributed by atoms with van der Waals surface area (Å²) < 4.78 is 8.29. The predicted molar refractivity (Wildman–Crippen MR) is 124 cm³/mol. The van der Waals surface area contributed by atoms with Gasteiger partial charge < -0.3 is 4.74 Å². The Kier molecular flexibility index (Phi) is 5.39. The molecular formula is C26H23N5O. The van der Waals surface area contributed by atoms with Gasteiger partial charge in [-0.25, -0.2) is 15.0 Å². The van der Waals surface area contributed by atoms with Crippen LogP contribution in [-0.4, -0.2) is 25.6 Å². The lowest BCUT2D eigenvalue weighted by Gasteiger charge is -2.17. The first-order valence-electron chi connectivity index (χ1n) is 10.9. The number of para-hydroxylation sites is 1. The van der Waals surface area contributed by atoms with Crippen LogP contribution < -0.4 is 4.74 Å².